The van der Waals surface area contributed by atoms with Gasteiger partial charge in [-0.3, -0.25) is 0 Å². The summed E-state index contributed by atoms with van der Waals surface area (Å²) in [4.78, 5) is 1.19. The number of hydrogen-bond acceptors (Lipinski definition) is 3. The third kappa shape index (κ3) is 4.16. The van der Waals surface area contributed by atoms with Crippen LogP contribution < -0.4 is 0 Å². The highest BCUT2D eigenvalue weighted by molar-refractivity contribution is 7.99. The van der Waals surface area contributed by atoms with Gasteiger partial charge in [-0.1, -0.05) is 26.0 Å². The lowest BCUT2D eigenvalue weighted by Crippen LogP contribution is -2.03. The Hall–Kier alpha value is -0.510. The Morgan fingerprint density at radius 3 is 2.38 bits per heavy atom. The van der Waals surface area contributed by atoms with Gasteiger partial charge in [-0.05, 0) is 30.0 Å². The fourth-order valence-electron chi connectivity index (χ4n) is 1.31. The summed E-state index contributed by atoms with van der Waals surface area (Å²) in [6, 6.07) is 8.01. The third-order valence-electron chi connectivity index (χ3n) is 2.50. The number of benzene rings is 1. The molecule has 90 valence electrons. The summed E-state index contributed by atoms with van der Waals surface area (Å²) in [5.41, 5.74) is 0.974. The van der Waals surface area contributed by atoms with Crippen LogP contribution in [0.2, 0.25) is 0 Å². The van der Waals surface area contributed by atoms with Crippen molar-refractivity contribution in [3.8, 4) is 0 Å². The van der Waals surface area contributed by atoms with Crippen LogP contribution in [0.15, 0.2) is 29.2 Å². The molecule has 0 aliphatic rings. The van der Waals surface area contributed by atoms with Crippen LogP contribution in [-0.2, 0) is 0 Å². The summed E-state index contributed by atoms with van der Waals surface area (Å²) in [6.07, 6.45) is 0.393. The molecule has 1 aromatic carbocycles. The van der Waals surface area contributed by atoms with Gasteiger partial charge in [0.25, 0.3) is 0 Å². The van der Waals surface area contributed by atoms with Gasteiger partial charge in [-0.2, -0.15) is 0 Å². The van der Waals surface area contributed by atoms with Crippen LogP contribution in [0.3, 0.4) is 0 Å². The summed E-state index contributed by atoms with van der Waals surface area (Å²) in [5.74, 6) is 1.25. The minimum atomic E-state index is -0.351. The van der Waals surface area contributed by atoms with Crippen molar-refractivity contribution in [2.24, 2.45) is 5.92 Å². The highest BCUT2D eigenvalue weighted by Crippen LogP contribution is 2.23. The van der Waals surface area contributed by atoms with E-state index in [1.165, 1.54) is 4.90 Å². The Balaban J connectivity index is 2.51. The van der Waals surface area contributed by atoms with Crippen molar-refractivity contribution in [2.75, 3.05) is 12.4 Å². The molecular formula is C13H20O2S. The molecule has 0 saturated heterocycles. The summed E-state index contributed by atoms with van der Waals surface area (Å²) < 4.78 is 0. The molecule has 2 N–H and O–H groups in total. The molecule has 2 unspecified atom stereocenters. The lowest BCUT2D eigenvalue weighted by Gasteiger charge is -2.10. The zero-order valence-electron chi connectivity index (χ0n) is 9.89. The maximum Gasteiger partial charge on any atom is 0.0787 e. The molecule has 0 aromatic heterocycles. The maximum atomic E-state index is 9.64. The van der Waals surface area contributed by atoms with E-state index >= 15 is 0 Å². The van der Waals surface area contributed by atoms with Gasteiger partial charge in [0.15, 0.2) is 0 Å². The number of thioether (sulfide) groups is 1. The van der Waals surface area contributed by atoms with E-state index in [0.29, 0.717) is 5.92 Å². The van der Waals surface area contributed by atoms with Crippen LogP contribution in [0.25, 0.3) is 0 Å². The summed E-state index contributed by atoms with van der Waals surface area (Å²) in [6.45, 7) is 4.23. The number of rotatable bonds is 6. The second-order valence-corrected chi connectivity index (χ2v) is 5.19. The van der Waals surface area contributed by atoms with Gasteiger partial charge in [0.05, 0.1) is 6.10 Å². The molecule has 1 rings (SSSR count). The molecule has 0 saturated carbocycles. The first kappa shape index (κ1) is 13.6. The molecular weight excluding hydrogens is 220 g/mol. The minimum Gasteiger partial charge on any atom is -0.396 e. The standard InChI is InChI=1S/C13H20O2S/c1-3-13(15)11-4-6-12(7-5-11)16-9-10(2)8-14/h4-7,10,13-15H,3,8-9H2,1-2H3. The number of hydrogen-bond donors (Lipinski definition) is 2. The van der Waals surface area contributed by atoms with Gasteiger partial charge in [0.1, 0.15) is 0 Å². The van der Waals surface area contributed by atoms with Crippen molar-refractivity contribution >= 4 is 11.8 Å². The van der Waals surface area contributed by atoms with Gasteiger partial charge in [0.2, 0.25) is 0 Å². The van der Waals surface area contributed by atoms with Gasteiger partial charge in [-0.25, -0.2) is 0 Å². The van der Waals surface area contributed by atoms with Crippen LogP contribution >= 0.6 is 11.8 Å². The van der Waals surface area contributed by atoms with Crippen LogP contribution in [0.1, 0.15) is 31.9 Å². The minimum absolute atomic E-state index is 0.236. The van der Waals surface area contributed by atoms with Crippen molar-refractivity contribution in [3.05, 3.63) is 29.8 Å². The molecule has 3 heteroatoms. The van der Waals surface area contributed by atoms with Crippen LogP contribution in [-0.4, -0.2) is 22.6 Å². The van der Waals surface area contributed by atoms with E-state index in [1.54, 1.807) is 11.8 Å². The SMILES string of the molecule is CCC(O)c1ccc(SCC(C)CO)cc1. The second kappa shape index (κ2) is 6.94. The molecule has 0 spiro atoms. The Kier molecular flexibility index (Phi) is 5.88. The van der Waals surface area contributed by atoms with Gasteiger partial charge in [0, 0.05) is 17.3 Å². The quantitative estimate of drug-likeness (QED) is 0.751. The van der Waals surface area contributed by atoms with E-state index in [1.807, 2.05) is 38.1 Å². The molecule has 0 amide bonds. The molecule has 16 heavy (non-hydrogen) atoms. The third-order valence-corrected chi connectivity index (χ3v) is 3.84. The Bertz CT molecular complexity index is 297. The molecule has 0 aliphatic carbocycles. The normalized spacial score (nSPS) is 14.8. The second-order valence-electron chi connectivity index (χ2n) is 4.09. The first-order valence-corrected chi connectivity index (χ1v) is 6.67. The first-order valence-electron chi connectivity index (χ1n) is 5.69. The number of aliphatic hydroxyl groups excluding tert-OH is 2. The lowest BCUT2D eigenvalue weighted by atomic mass is 10.1. The molecule has 2 atom stereocenters. The van der Waals surface area contributed by atoms with E-state index in [9.17, 15) is 5.11 Å². The molecule has 1 aromatic rings. The van der Waals surface area contributed by atoms with Crippen molar-refractivity contribution in [1.82, 2.24) is 0 Å². The highest BCUT2D eigenvalue weighted by Gasteiger charge is 2.05. The molecule has 0 fully saturated rings. The molecule has 0 radical (unpaired) electrons. The average molecular weight is 240 g/mol. The van der Waals surface area contributed by atoms with Gasteiger partial charge >= 0.3 is 0 Å². The molecule has 0 heterocycles. The van der Waals surface area contributed by atoms with Crippen molar-refractivity contribution in [1.29, 1.82) is 0 Å². The van der Waals surface area contributed by atoms with E-state index in [4.69, 9.17) is 5.11 Å². The van der Waals surface area contributed by atoms with E-state index in [-0.39, 0.29) is 12.7 Å². The highest BCUT2D eigenvalue weighted by atomic mass is 32.2. The van der Waals surface area contributed by atoms with E-state index in [0.717, 1.165) is 17.7 Å². The lowest BCUT2D eigenvalue weighted by molar-refractivity contribution is 0.173. The smallest absolute Gasteiger partial charge is 0.0787 e. The van der Waals surface area contributed by atoms with Crippen molar-refractivity contribution < 1.29 is 10.2 Å². The van der Waals surface area contributed by atoms with E-state index in [2.05, 4.69) is 0 Å². The largest absolute Gasteiger partial charge is 0.396 e. The molecule has 2 nitrogen and oxygen atoms in total. The first-order chi connectivity index (χ1) is 7.67. The van der Waals surface area contributed by atoms with Crippen LogP contribution in [0.5, 0.6) is 0 Å². The van der Waals surface area contributed by atoms with Crippen molar-refractivity contribution in [3.63, 3.8) is 0 Å². The Morgan fingerprint density at radius 2 is 1.88 bits per heavy atom. The maximum absolute atomic E-state index is 9.64. The van der Waals surface area contributed by atoms with E-state index < -0.39 is 0 Å². The predicted octanol–water partition coefficient (Wildman–Crippen LogP) is 2.85. The molecule has 0 aliphatic heterocycles. The summed E-state index contributed by atoms with van der Waals surface area (Å²) in [7, 11) is 0. The fraction of sp³-hybridized carbons (Fsp3) is 0.538. The van der Waals surface area contributed by atoms with Crippen molar-refractivity contribution in [2.45, 2.75) is 31.3 Å². The predicted molar refractivity (Wildman–Crippen MR) is 68.7 cm³/mol. The Morgan fingerprint density at radius 1 is 1.25 bits per heavy atom. The zero-order valence-corrected chi connectivity index (χ0v) is 10.7. The Labute approximate surface area is 102 Å². The fourth-order valence-corrected chi connectivity index (χ4v) is 2.22. The van der Waals surface area contributed by atoms with Gasteiger partial charge < -0.3 is 10.2 Å². The van der Waals surface area contributed by atoms with Crippen LogP contribution in [0, 0.1) is 5.92 Å². The zero-order chi connectivity index (χ0) is 12.0. The summed E-state index contributed by atoms with van der Waals surface area (Å²) in [5, 5.41) is 18.6. The summed E-state index contributed by atoms with van der Waals surface area (Å²) >= 11 is 1.74. The molecule has 0 bridgehead atoms. The monoisotopic (exact) mass is 240 g/mol. The van der Waals surface area contributed by atoms with Crippen LogP contribution in [0.4, 0.5) is 0 Å². The number of aliphatic hydroxyl groups is 2. The topological polar surface area (TPSA) is 40.5 Å². The average Bonchev–Trinajstić information content (AvgIpc) is 2.35. The van der Waals surface area contributed by atoms with Gasteiger partial charge in [-0.15, -0.1) is 11.8 Å².